The number of anilines is 3. The summed E-state index contributed by atoms with van der Waals surface area (Å²) < 4.78 is 6.61. The maximum atomic E-state index is 6.61. The molecule has 0 amide bonds. The summed E-state index contributed by atoms with van der Waals surface area (Å²) in [6, 6.07) is 77.8. The number of furan rings is 1. The Morgan fingerprint density at radius 2 is 1.09 bits per heavy atom. The standard InChI is InChI=1S/C65H47NO/c1-65(2)59-25-9-7-19-54(59)57-24-12-22-53(64(57)65)46-34-38-50(39-35-46)66(49-36-32-43(33-37-49)42-28-30-45(31-29-42)52-21-11-17-44-14-5-6-18-51(44)52)60-26-10-8-20-55(60)56-23-13-27-61-63(56)58-40-47-15-3-4-16-48(47)41-62(58)67-61/h3-28,30-42H,29H2,1-2H3. The van der Waals surface area contributed by atoms with E-state index in [4.69, 9.17) is 4.42 Å². The normalized spacial score (nSPS) is 15.0. The number of allylic oxidation sites excluding steroid dienone is 4. The second-order valence-electron chi connectivity index (χ2n) is 18.8. The minimum atomic E-state index is -0.112. The minimum Gasteiger partial charge on any atom is -0.456 e. The van der Waals surface area contributed by atoms with Crippen molar-refractivity contribution in [2.45, 2.75) is 31.6 Å². The predicted molar refractivity (Wildman–Crippen MR) is 283 cm³/mol. The average Bonchev–Trinajstić information content (AvgIpc) is 3.87. The molecule has 10 aromatic carbocycles. The lowest BCUT2D eigenvalue weighted by Gasteiger charge is -2.29. The van der Waals surface area contributed by atoms with E-state index >= 15 is 0 Å². The highest BCUT2D eigenvalue weighted by atomic mass is 16.3. The van der Waals surface area contributed by atoms with Crippen LogP contribution in [0.5, 0.6) is 0 Å². The molecule has 0 bridgehead atoms. The van der Waals surface area contributed by atoms with Gasteiger partial charge in [-0.15, -0.1) is 0 Å². The van der Waals surface area contributed by atoms with Crippen molar-refractivity contribution >= 4 is 66.1 Å². The topological polar surface area (TPSA) is 16.4 Å². The monoisotopic (exact) mass is 857 g/mol. The fourth-order valence-corrected chi connectivity index (χ4v) is 11.4. The summed E-state index contributed by atoms with van der Waals surface area (Å²) in [5.74, 6) is 0.291. The molecule has 11 aromatic rings. The van der Waals surface area contributed by atoms with Crippen molar-refractivity contribution in [3.8, 4) is 33.4 Å². The first-order valence-corrected chi connectivity index (χ1v) is 23.5. The molecular formula is C65H47NO. The highest BCUT2D eigenvalue weighted by Crippen LogP contribution is 2.53. The van der Waals surface area contributed by atoms with Gasteiger partial charge in [0, 0.05) is 39.0 Å². The summed E-state index contributed by atoms with van der Waals surface area (Å²) in [6.45, 7) is 4.74. The predicted octanol–water partition coefficient (Wildman–Crippen LogP) is 18.1. The Bertz CT molecular complexity index is 3800. The lowest BCUT2D eigenvalue weighted by molar-refractivity contribution is 0.662. The summed E-state index contributed by atoms with van der Waals surface area (Å²) >= 11 is 0. The van der Waals surface area contributed by atoms with Gasteiger partial charge in [0.15, 0.2) is 0 Å². The van der Waals surface area contributed by atoms with Crippen LogP contribution in [0, 0.1) is 0 Å². The smallest absolute Gasteiger partial charge is 0.136 e. The maximum absolute atomic E-state index is 6.61. The molecule has 318 valence electrons. The molecule has 1 heterocycles. The van der Waals surface area contributed by atoms with Gasteiger partial charge in [-0.05, 0) is 132 Å². The molecule has 0 aliphatic heterocycles. The second kappa shape index (κ2) is 15.5. The van der Waals surface area contributed by atoms with Gasteiger partial charge in [-0.1, -0.05) is 196 Å². The fourth-order valence-electron chi connectivity index (χ4n) is 11.4. The summed E-state index contributed by atoms with van der Waals surface area (Å²) in [7, 11) is 0. The van der Waals surface area contributed by atoms with Crippen LogP contribution in [-0.4, -0.2) is 0 Å². The van der Waals surface area contributed by atoms with E-state index in [0.29, 0.717) is 5.92 Å². The number of rotatable bonds is 7. The molecule has 1 aromatic heterocycles. The number of para-hydroxylation sites is 1. The minimum absolute atomic E-state index is 0.112. The average molecular weight is 858 g/mol. The third-order valence-electron chi connectivity index (χ3n) is 14.6. The van der Waals surface area contributed by atoms with E-state index in [2.05, 4.69) is 249 Å². The van der Waals surface area contributed by atoms with Crippen molar-refractivity contribution in [2.24, 2.45) is 0 Å². The summed E-state index contributed by atoms with van der Waals surface area (Å²) in [6.07, 6.45) is 8.07. The zero-order valence-electron chi connectivity index (χ0n) is 37.6. The van der Waals surface area contributed by atoms with Crippen LogP contribution in [0.2, 0.25) is 0 Å². The highest BCUT2D eigenvalue weighted by Gasteiger charge is 2.37. The van der Waals surface area contributed by atoms with Gasteiger partial charge >= 0.3 is 0 Å². The Hall–Kier alpha value is -8.20. The molecule has 0 fully saturated rings. The lowest BCUT2D eigenvalue weighted by Crippen LogP contribution is -2.16. The molecule has 0 N–H and O–H groups in total. The molecule has 0 saturated heterocycles. The molecule has 2 aliphatic rings. The van der Waals surface area contributed by atoms with E-state index in [0.717, 1.165) is 56.5 Å². The Labute approximate surface area is 391 Å². The number of hydrogen-bond acceptors (Lipinski definition) is 2. The maximum Gasteiger partial charge on any atom is 0.136 e. The SMILES string of the molecule is CC1(C)c2ccccc2-c2cccc(-c3ccc(N(c4ccc(C5C=CC(c6cccc7ccccc67)=CC5)cc4)c4ccccc4-c4cccc5oc6cc7ccccc7cc6c45)cc3)c21. The molecule has 0 saturated carbocycles. The van der Waals surface area contributed by atoms with Gasteiger partial charge in [0.25, 0.3) is 0 Å². The van der Waals surface area contributed by atoms with Gasteiger partial charge in [-0.3, -0.25) is 0 Å². The number of nitrogens with zero attached hydrogens (tertiary/aromatic N) is 1. The van der Waals surface area contributed by atoms with Crippen LogP contribution in [0.15, 0.2) is 235 Å². The summed E-state index contributed by atoms with van der Waals surface area (Å²) in [5, 5.41) is 7.19. The quantitative estimate of drug-likeness (QED) is 0.159. The lowest BCUT2D eigenvalue weighted by atomic mass is 9.79. The molecule has 2 aliphatic carbocycles. The van der Waals surface area contributed by atoms with Crippen LogP contribution >= 0.6 is 0 Å². The molecule has 2 heteroatoms. The fraction of sp³-hybridized carbons (Fsp3) is 0.0769. The van der Waals surface area contributed by atoms with Crippen LogP contribution in [0.25, 0.3) is 82.4 Å². The summed E-state index contributed by atoms with van der Waals surface area (Å²) in [5.41, 5.74) is 19.1. The number of hydrogen-bond donors (Lipinski definition) is 0. The van der Waals surface area contributed by atoms with Crippen molar-refractivity contribution in [1.82, 2.24) is 0 Å². The van der Waals surface area contributed by atoms with Crippen LogP contribution in [-0.2, 0) is 5.41 Å². The first-order valence-electron chi connectivity index (χ1n) is 23.5. The Morgan fingerprint density at radius 3 is 1.90 bits per heavy atom. The second-order valence-corrected chi connectivity index (χ2v) is 18.8. The van der Waals surface area contributed by atoms with Crippen LogP contribution in [0.1, 0.15) is 48.4 Å². The largest absolute Gasteiger partial charge is 0.456 e. The number of fused-ring (bicyclic) bond motifs is 8. The third-order valence-corrected chi connectivity index (χ3v) is 14.6. The first-order chi connectivity index (χ1) is 33.0. The van der Waals surface area contributed by atoms with Gasteiger partial charge in [-0.2, -0.15) is 0 Å². The van der Waals surface area contributed by atoms with Crippen LogP contribution in [0.4, 0.5) is 17.1 Å². The van der Waals surface area contributed by atoms with Gasteiger partial charge < -0.3 is 9.32 Å². The van der Waals surface area contributed by atoms with Gasteiger partial charge in [0.2, 0.25) is 0 Å². The van der Waals surface area contributed by atoms with Crippen molar-refractivity contribution < 1.29 is 4.42 Å². The van der Waals surface area contributed by atoms with E-state index in [1.807, 2.05) is 0 Å². The van der Waals surface area contributed by atoms with Gasteiger partial charge in [-0.25, -0.2) is 0 Å². The molecule has 67 heavy (non-hydrogen) atoms. The van der Waals surface area contributed by atoms with Crippen LogP contribution < -0.4 is 4.90 Å². The zero-order valence-corrected chi connectivity index (χ0v) is 37.6. The third kappa shape index (κ3) is 6.39. The summed E-state index contributed by atoms with van der Waals surface area (Å²) in [4.78, 5) is 2.43. The van der Waals surface area contributed by atoms with E-state index in [1.54, 1.807) is 0 Å². The Kier molecular flexibility index (Phi) is 9.05. The van der Waals surface area contributed by atoms with E-state index in [-0.39, 0.29) is 5.41 Å². The highest BCUT2D eigenvalue weighted by molar-refractivity contribution is 6.16. The van der Waals surface area contributed by atoms with E-state index in [9.17, 15) is 0 Å². The first kappa shape index (κ1) is 39.2. The molecule has 13 rings (SSSR count). The van der Waals surface area contributed by atoms with Crippen molar-refractivity contribution in [1.29, 1.82) is 0 Å². The van der Waals surface area contributed by atoms with Gasteiger partial charge in [0.1, 0.15) is 11.2 Å². The van der Waals surface area contributed by atoms with Crippen molar-refractivity contribution in [3.05, 3.63) is 253 Å². The molecular weight excluding hydrogens is 811 g/mol. The van der Waals surface area contributed by atoms with Gasteiger partial charge in [0.05, 0.1) is 5.69 Å². The number of benzene rings is 10. The van der Waals surface area contributed by atoms with Crippen molar-refractivity contribution in [2.75, 3.05) is 4.90 Å². The van der Waals surface area contributed by atoms with Crippen molar-refractivity contribution in [3.63, 3.8) is 0 Å². The van der Waals surface area contributed by atoms with E-state index < -0.39 is 0 Å². The Balaban J connectivity index is 0.917. The molecule has 0 spiro atoms. The molecule has 1 unspecified atom stereocenters. The zero-order chi connectivity index (χ0) is 44.6. The van der Waals surface area contributed by atoms with E-state index in [1.165, 1.54) is 71.6 Å². The molecule has 1 atom stereocenters. The molecule has 2 nitrogen and oxygen atoms in total. The molecule has 0 radical (unpaired) electrons. The van der Waals surface area contributed by atoms with Crippen LogP contribution in [0.3, 0.4) is 0 Å². The Morgan fingerprint density at radius 1 is 0.478 bits per heavy atom.